The largest absolute Gasteiger partial charge is 0.355 e. The summed E-state index contributed by atoms with van der Waals surface area (Å²) in [4.78, 5) is 8.50. The molecule has 2 aromatic rings. The summed E-state index contributed by atoms with van der Waals surface area (Å²) in [6.45, 7) is 12.2. The lowest BCUT2D eigenvalue weighted by Gasteiger charge is -2.36. The highest BCUT2D eigenvalue weighted by Crippen LogP contribution is 2.30. The van der Waals surface area contributed by atoms with Crippen molar-refractivity contribution >= 4 is 22.1 Å². The standard InChI is InChI=1S/C16H26N4S/c1-11(2)17-9-14-15(18-16-20(14)7-8-21-16)19-6-5-12(3)13(4)10-19/h7-8,11-13,17H,5-6,9-10H2,1-4H3. The fraction of sp³-hybridized carbons (Fsp3) is 0.688. The maximum Gasteiger partial charge on any atom is 0.195 e. The van der Waals surface area contributed by atoms with Crippen molar-refractivity contribution in [1.82, 2.24) is 14.7 Å². The van der Waals surface area contributed by atoms with Gasteiger partial charge in [-0.15, -0.1) is 11.3 Å². The number of hydrogen-bond acceptors (Lipinski definition) is 4. The van der Waals surface area contributed by atoms with Crippen LogP contribution in [0.3, 0.4) is 0 Å². The van der Waals surface area contributed by atoms with Crippen LogP contribution >= 0.6 is 11.3 Å². The molecule has 1 N–H and O–H groups in total. The maximum atomic E-state index is 4.90. The van der Waals surface area contributed by atoms with Crippen LogP contribution in [-0.2, 0) is 6.54 Å². The van der Waals surface area contributed by atoms with E-state index in [-0.39, 0.29) is 0 Å². The third-order valence-corrected chi connectivity index (χ3v) is 5.41. The van der Waals surface area contributed by atoms with E-state index in [9.17, 15) is 0 Å². The normalized spacial score (nSPS) is 23.4. The van der Waals surface area contributed by atoms with Crippen molar-refractivity contribution in [2.75, 3.05) is 18.0 Å². The van der Waals surface area contributed by atoms with Crippen molar-refractivity contribution in [3.05, 3.63) is 17.3 Å². The van der Waals surface area contributed by atoms with Crippen LogP contribution in [0.2, 0.25) is 0 Å². The van der Waals surface area contributed by atoms with Crippen LogP contribution in [0, 0.1) is 11.8 Å². The molecule has 1 aliphatic heterocycles. The Labute approximate surface area is 131 Å². The quantitative estimate of drug-likeness (QED) is 0.940. The summed E-state index contributed by atoms with van der Waals surface area (Å²) in [5, 5.41) is 5.66. The maximum absolute atomic E-state index is 4.90. The molecule has 0 bridgehead atoms. The minimum absolute atomic E-state index is 0.488. The molecule has 0 spiro atoms. The highest BCUT2D eigenvalue weighted by atomic mass is 32.1. The fourth-order valence-electron chi connectivity index (χ4n) is 2.99. The lowest BCUT2D eigenvalue weighted by atomic mass is 9.89. The zero-order valence-electron chi connectivity index (χ0n) is 13.5. The number of piperidine rings is 1. The summed E-state index contributed by atoms with van der Waals surface area (Å²) in [6, 6.07) is 0.488. The second-order valence-electron chi connectivity index (χ2n) is 6.66. The van der Waals surface area contributed by atoms with E-state index >= 15 is 0 Å². The molecular formula is C16H26N4S. The highest BCUT2D eigenvalue weighted by molar-refractivity contribution is 7.15. The molecule has 0 amide bonds. The molecule has 0 saturated carbocycles. The Hall–Kier alpha value is -1.07. The van der Waals surface area contributed by atoms with Gasteiger partial charge >= 0.3 is 0 Å². The van der Waals surface area contributed by atoms with Crippen molar-refractivity contribution in [3.8, 4) is 0 Å². The molecule has 3 rings (SSSR count). The second kappa shape index (κ2) is 5.97. The Morgan fingerprint density at radius 1 is 1.38 bits per heavy atom. The first kappa shape index (κ1) is 14.9. The Balaban J connectivity index is 1.90. The van der Waals surface area contributed by atoms with Gasteiger partial charge in [0.05, 0.1) is 5.69 Å². The molecular weight excluding hydrogens is 280 g/mol. The molecule has 2 unspecified atom stereocenters. The SMILES string of the molecule is CC(C)NCc1c(N2CCC(C)C(C)C2)nc2sccn12. The highest BCUT2D eigenvalue weighted by Gasteiger charge is 2.26. The van der Waals surface area contributed by atoms with Crippen LogP contribution in [0.4, 0.5) is 5.82 Å². The Morgan fingerprint density at radius 3 is 2.90 bits per heavy atom. The predicted molar refractivity (Wildman–Crippen MR) is 90.2 cm³/mol. The molecule has 1 aliphatic rings. The lowest BCUT2D eigenvalue weighted by molar-refractivity contribution is 0.322. The summed E-state index contributed by atoms with van der Waals surface area (Å²) in [7, 11) is 0. The predicted octanol–water partition coefficient (Wildman–Crippen LogP) is 3.38. The number of nitrogens with zero attached hydrogens (tertiary/aromatic N) is 3. The number of rotatable bonds is 4. The summed E-state index contributed by atoms with van der Waals surface area (Å²) >= 11 is 1.72. The van der Waals surface area contributed by atoms with Gasteiger partial charge in [-0.1, -0.05) is 27.7 Å². The van der Waals surface area contributed by atoms with Crippen LogP contribution in [0.5, 0.6) is 0 Å². The van der Waals surface area contributed by atoms with Crippen molar-refractivity contribution < 1.29 is 0 Å². The first-order chi connectivity index (χ1) is 10.1. The monoisotopic (exact) mass is 306 g/mol. The minimum Gasteiger partial charge on any atom is -0.355 e. The number of thiazole rings is 1. The van der Waals surface area contributed by atoms with E-state index < -0.39 is 0 Å². The second-order valence-corrected chi connectivity index (χ2v) is 7.54. The van der Waals surface area contributed by atoms with Crippen molar-refractivity contribution in [2.45, 2.75) is 46.7 Å². The van der Waals surface area contributed by atoms with Gasteiger partial charge < -0.3 is 10.2 Å². The van der Waals surface area contributed by atoms with E-state index in [0.29, 0.717) is 6.04 Å². The van der Waals surface area contributed by atoms with E-state index in [2.05, 4.69) is 53.9 Å². The molecule has 2 atom stereocenters. The number of imidazole rings is 1. The van der Waals surface area contributed by atoms with E-state index in [4.69, 9.17) is 4.98 Å². The third kappa shape index (κ3) is 2.94. The topological polar surface area (TPSA) is 32.6 Å². The van der Waals surface area contributed by atoms with Gasteiger partial charge in [0.25, 0.3) is 0 Å². The van der Waals surface area contributed by atoms with Gasteiger partial charge in [0.2, 0.25) is 0 Å². The Morgan fingerprint density at radius 2 is 2.19 bits per heavy atom. The molecule has 21 heavy (non-hydrogen) atoms. The number of hydrogen-bond donors (Lipinski definition) is 1. The van der Waals surface area contributed by atoms with Crippen LogP contribution < -0.4 is 10.2 Å². The molecule has 5 heteroatoms. The average molecular weight is 306 g/mol. The molecule has 1 saturated heterocycles. The average Bonchev–Trinajstić information content (AvgIpc) is 3.00. The van der Waals surface area contributed by atoms with Gasteiger partial charge in [0.1, 0.15) is 0 Å². The van der Waals surface area contributed by atoms with Crippen molar-refractivity contribution in [2.24, 2.45) is 11.8 Å². The molecule has 0 radical (unpaired) electrons. The van der Waals surface area contributed by atoms with Gasteiger partial charge in [-0.25, -0.2) is 4.98 Å². The number of nitrogens with one attached hydrogen (secondary N) is 1. The van der Waals surface area contributed by atoms with E-state index in [1.54, 1.807) is 11.3 Å². The molecule has 3 heterocycles. The number of fused-ring (bicyclic) bond motifs is 1. The first-order valence-electron chi connectivity index (χ1n) is 7.99. The van der Waals surface area contributed by atoms with Crippen LogP contribution in [0.15, 0.2) is 11.6 Å². The molecule has 116 valence electrons. The number of anilines is 1. The first-order valence-corrected chi connectivity index (χ1v) is 8.87. The minimum atomic E-state index is 0.488. The van der Waals surface area contributed by atoms with E-state index in [0.717, 1.165) is 36.4 Å². The van der Waals surface area contributed by atoms with Gasteiger partial charge in [-0.3, -0.25) is 4.40 Å². The van der Waals surface area contributed by atoms with E-state index in [1.807, 2.05) is 0 Å². The zero-order valence-corrected chi connectivity index (χ0v) is 14.3. The van der Waals surface area contributed by atoms with Crippen LogP contribution in [0.1, 0.15) is 39.8 Å². The summed E-state index contributed by atoms with van der Waals surface area (Å²) in [5.74, 6) is 2.75. The molecule has 0 aliphatic carbocycles. The molecule has 1 fully saturated rings. The molecule has 0 aromatic carbocycles. The van der Waals surface area contributed by atoms with Gasteiger partial charge in [0.15, 0.2) is 10.8 Å². The third-order valence-electron chi connectivity index (χ3n) is 4.65. The fourth-order valence-corrected chi connectivity index (χ4v) is 3.72. The van der Waals surface area contributed by atoms with Gasteiger partial charge in [0, 0.05) is 37.3 Å². The van der Waals surface area contributed by atoms with Crippen molar-refractivity contribution in [3.63, 3.8) is 0 Å². The zero-order chi connectivity index (χ0) is 15.0. The smallest absolute Gasteiger partial charge is 0.195 e. The van der Waals surface area contributed by atoms with Crippen molar-refractivity contribution in [1.29, 1.82) is 0 Å². The van der Waals surface area contributed by atoms with Crippen LogP contribution in [-0.4, -0.2) is 28.5 Å². The van der Waals surface area contributed by atoms with Gasteiger partial charge in [-0.05, 0) is 18.3 Å². The molecule has 2 aromatic heterocycles. The summed E-state index contributed by atoms with van der Waals surface area (Å²) < 4.78 is 2.25. The summed E-state index contributed by atoms with van der Waals surface area (Å²) in [6.07, 6.45) is 3.41. The Bertz CT molecular complexity index is 600. The number of aromatic nitrogens is 2. The molecule has 4 nitrogen and oxygen atoms in total. The van der Waals surface area contributed by atoms with E-state index in [1.165, 1.54) is 17.9 Å². The summed E-state index contributed by atoms with van der Waals surface area (Å²) in [5.41, 5.74) is 1.31. The Kier molecular flexibility index (Phi) is 4.22. The van der Waals surface area contributed by atoms with Crippen LogP contribution in [0.25, 0.3) is 4.96 Å². The van der Waals surface area contributed by atoms with Gasteiger partial charge in [-0.2, -0.15) is 0 Å². The lowest BCUT2D eigenvalue weighted by Crippen LogP contribution is -2.39.